The van der Waals surface area contributed by atoms with Crippen LogP contribution >= 0.6 is 23.2 Å². The van der Waals surface area contributed by atoms with Crippen molar-refractivity contribution >= 4 is 46.0 Å². The lowest BCUT2D eigenvalue weighted by atomic mass is 10.0. The molecule has 0 unspecified atom stereocenters. The SMILES string of the molecule is C=CC(=O)N1CCN2c3nc(=O)n(-c4c(C)ccnc4C(C)C)c4nc(-c5c(F)ccc(Cl)c5O)c(Cl)c(c34)OC[C@@H]2C1. The summed E-state index contributed by atoms with van der Waals surface area (Å²) in [4.78, 5) is 43.9. The molecule has 1 saturated heterocycles. The summed E-state index contributed by atoms with van der Waals surface area (Å²) < 4.78 is 23.0. The molecule has 2 aliphatic heterocycles. The van der Waals surface area contributed by atoms with Gasteiger partial charge in [-0.1, -0.05) is 43.6 Å². The average molecular weight is 625 g/mol. The fourth-order valence-corrected chi connectivity index (χ4v) is 6.17. The highest BCUT2D eigenvalue weighted by Gasteiger charge is 2.37. The quantitative estimate of drug-likeness (QED) is 0.315. The van der Waals surface area contributed by atoms with E-state index in [0.717, 1.165) is 11.6 Å². The van der Waals surface area contributed by atoms with Gasteiger partial charge in [-0.2, -0.15) is 4.98 Å². The summed E-state index contributed by atoms with van der Waals surface area (Å²) in [7, 11) is 0. The Hall–Kier alpha value is -4.22. The number of anilines is 1. The van der Waals surface area contributed by atoms with Crippen molar-refractivity contribution in [2.24, 2.45) is 0 Å². The van der Waals surface area contributed by atoms with Crippen molar-refractivity contribution in [2.45, 2.75) is 32.7 Å². The number of aromatic hydroxyl groups is 1. The van der Waals surface area contributed by atoms with Gasteiger partial charge in [-0.3, -0.25) is 9.78 Å². The first-order chi connectivity index (χ1) is 20.5. The van der Waals surface area contributed by atoms with Crippen molar-refractivity contribution in [1.82, 2.24) is 24.4 Å². The summed E-state index contributed by atoms with van der Waals surface area (Å²) in [5.74, 6) is -1.29. The minimum Gasteiger partial charge on any atom is -0.506 e. The molecule has 6 rings (SSSR count). The number of phenolic OH excluding ortho intramolecular Hbond substituents is 1. The molecule has 0 aliphatic carbocycles. The van der Waals surface area contributed by atoms with Crippen LogP contribution in [-0.2, 0) is 4.79 Å². The Morgan fingerprint density at radius 1 is 1.23 bits per heavy atom. The third-order valence-corrected chi connectivity index (χ3v) is 8.46. The molecule has 10 nitrogen and oxygen atoms in total. The number of aryl methyl sites for hydroxylation is 1. The van der Waals surface area contributed by atoms with E-state index in [1.807, 2.05) is 25.7 Å². The summed E-state index contributed by atoms with van der Waals surface area (Å²) in [5, 5.41) is 11.0. The van der Waals surface area contributed by atoms with Gasteiger partial charge in [-0.25, -0.2) is 18.7 Å². The zero-order valence-electron chi connectivity index (χ0n) is 23.6. The molecular formula is C30H27Cl2FN6O4. The van der Waals surface area contributed by atoms with Crippen LogP contribution in [0.25, 0.3) is 28.0 Å². The van der Waals surface area contributed by atoms with Crippen molar-refractivity contribution in [1.29, 1.82) is 0 Å². The van der Waals surface area contributed by atoms with Crippen LogP contribution < -0.4 is 15.3 Å². The monoisotopic (exact) mass is 624 g/mol. The molecule has 222 valence electrons. The smallest absolute Gasteiger partial charge is 0.355 e. The predicted octanol–water partition coefficient (Wildman–Crippen LogP) is 5.02. The molecule has 0 spiro atoms. The molecule has 1 N–H and O–H groups in total. The Kier molecular flexibility index (Phi) is 7.26. The lowest BCUT2D eigenvalue weighted by Gasteiger charge is -2.40. The molecule has 1 aromatic carbocycles. The number of rotatable bonds is 4. The number of ether oxygens (including phenoxy) is 1. The van der Waals surface area contributed by atoms with Gasteiger partial charge in [0.15, 0.2) is 11.4 Å². The van der Waals surface area contributed by atoms with Crippen LogP contribution in [0.5, 0.6) is 11.5 Å². The minimum absolute atomic E-state index is 0.0664. The van der Waals surface area contributed by atoms with Gasteiger partial charge < -0.3 is 19.6 Å². The summed E-state index contributed by atoms with van der Waals surface area (Å²) in [5.41, 5.74) is 0.778. The number of carbonyl (C=O) groups is 1. The van der Waals surface area contributed by atoms with Gasteiger partial charge in [0.2, 0.25) is 5.91 Å². The number of phenols is 1. The number of aromatic nitrogens is 4. The second-order valence-electron chi connectivity index (χ2n) is 10.8. The number of benzene rings is 1. The third-order valence-electron chi connectivity index (χ3n) is 7.80. The maximum absolute atomic E-state index is 15.3. The van der Waals surface area contributed by atoms with E-state index < -0.39 is 23.3 Å². The summed E-state index contributed by atoms with van der Waals surface area (Å²) in [6, 6.07) is 3.69. The van der Waals surface area contributed by atoms with Crippen LogP contribution in [0.4, 0.5) is 10.2 Å². The highest BCUT2D eigenvalue weighted by molar-refractivity contribution is 6.36. The van der Waals surface area contributed by atoms with Crippen molar-refractivity contribution in [3.05, 3.63) is 74.7 Å². The molecule has 0 bridgehead atoms. The van der Waals surface area contributed by atoms with E-state index in [4.69, 9.17) is 32.9 Å². The van der Waals surface area contributed by atoms with E-state index in [1.54, 1.807) is 17.2 Å². The van der Waals surface area contributed by atoms with Gasteiger partial charge >= 0.3 is 5.69 Å². The molecule has 4 aromatic rings. The minimum atomic E-state index is -0.823. The summed E-state index contributed by atoms with van der Waals surface area (Å²) in [6.07, 6.45) is 2.91. The normalized spacial score (nSPS) is 16.2. The fraction of sp³-hybridized carbons (Fsp3) is 0.300. The zero-order chi connectivity index (χ0) is 30.7. The molecule has 0 saturated carbocycles. The zero-order valence-corrected chi connectivity index (χ0v) is 25.1. The van der Waals surface area contributed by atoms with Gasteiger partial charge in [0.1, 0.15) is 40.1 Å². The number of pyridine rings is 2. The van der Waals surface area contributed by atoms with Crippen LogP contribution in [0.3, 0.4) is 0 Å². The number of piperazine rings is 1. The number of carbonyl (C=O) groups excluding carboxylic acids is 1. The van der Waals surface area contributed by atoms with E-state index in [2.05, 4.69) is 16.5 Å². The maximum Gasteiger partial charge on any atom is 0.355 e. The average Bonchev–Trinajstić information content (AvgIpc) is 3.14. The Balaban J connectivity index is 1.72. The molecule has 2 aliphatic rings. The Morgan fingerprint density at radius 3 is 2.72 bits per heavy atom. The topological polar surface area (TPSA) is 114 Å². The summed E-state index contributed by atoms with van der Waals surface area (Å²) in [6.45, 7) is 10.4. The van der Waals surface area contributed by atoms with E-state index in [-0.39, 0.29) is 63.5 Å². The maximum atomic E-state index is 15.3. The van der Waals surface area contributed by atoms with Crippen molar-refractivity contribution in [2.75, 3.05) is 31.1 Å². The highest BCUT2D eigenvalue weighted by Crippen LogP contribution is 2.48. The number of hydrogen-bond donors (Lipinski definition) is 1. The Bertz CT molecular complexity index is 1900. The number of nitrogens with zero attached hydrogens (tertiary/aromatic N) is 6. The van der Waals surface area contributed by atoms with Gasteiger partial charge in [0.05, 0.1) is 28.0 Å². The van der Waals surface area contributed by atoms with E-state index >= 15 is 4.39 Å². The molecule has 3 aromatic heterocycles. The predicted molar refractivity (Wildman–Crippen MR) is 162 cm³/mol. The number of amides is 1. The molecular weight excluding hydrogens is 598 g/mol. The number of hydrogen-bond acceptors (Lipinski definition) is 8. The third kappa shape index (κ3) is 4.58. The lowest BCUT2D eigenvalue weighted by Crippen LogP contribution is -2.56. The van der Waals surface area contributed by atoms with Crippen LogP contribution in [-0.4, -0.2) is 67.7 Å². The van der Waals surface area contributed by atoms with Crippen molar-refractivity contribution < 1.29 is 19.0 Å². The number of halogens is 3. The largest absolute Gasteiger partial charge is 0.506 e. The van der Waals surface area contributed by atoms with Gasteiger partial charge in [0.25, 0.3) is 0 Å². The molecule has 5 heterocycles. The van der Waals surface area contributed by atoms with Gasteiger partial charge in [-0.15, -0.1) is 0 Å². The first-order valence-electron chi connectivity index (χ1n) is 13.6. The molecule has 43 heavy (non-hydrogen) atoms. The van der Waals surface area contributed by atoms with Crippen molar-refractivity contribution in [3.8, 4) is 28.4 Å². The lowest BCUT2D eigenvalue weighted by molar-refractivity contribution is -0.126. The van der Waals surface area contributed by atoms with Crippen LogP contribution in [0.2, 0.25) is 10.0 Å². The first kappa shape index (κ1) is 28.9. The summed E-state index contributed by atoms with van der Waals surface area (Å²) >= 11 is 13.1. The first-order valence-corrected chi connectivity index (χ1v) is 14.4. The Morgan fingerprint density at radius 2 is 2.00 bits per heavy atom. The highest BCUT2D eigenvalue weighted by atomic mass is 35.5. The van der Waals surface area contributed by atoms with Crippen LogP contribution in [0, 0.1) is 12.7 Å². The second-order valence-corrected chi connectivity index (χ2v) is 11.6. The van der Waals surface area contributed by atoms with Crippen LogP contribution in [0.15, 0.2) is 41.8 Å². The second kappa shape index (κ2) is 10.8. The van der Waals surface area contributed by atoms with E-state index in [1.165, 1.54) is 16.7 Å². The molecule has 1 fully saturated rings. The molecule has 1 amide bonds. The fourth-order valence-electron chi connectivity index (χ4n) is 5.73. The van der Waals surface area contributed by atoms with Crippen molar-refractivity contribution in [3.63, 3.8) is 0 Å². The van der Waals surface area contributed by atoms with Gasteiger partial charge in [-0.05, 0) is 42.7 Å². The molecule has 1 atom stereocenters. The van der Waals surface area contributed by atoms with Gasteiger partial charge in [0, 0.05) is 25.8 Å². The standard InChI is InChI=1S/C30H27Cl2FN6O4/c1-5-19(40)37-10-11-38-16(12-37)13-43-27-21-28(38)36-30(42)39(25-15(4)8-9-34-23(25)14(2)3)29(21)35-24(22(27)32)20-18(33)7-6-17(31)26(20)41/h5-9,14,16,41H,1,10-13H2,2-4H3/t16-/m0/s1. The molecule has 13 heteroatoms. The van der Waals surface area contributed by atoms with Crippen LogP contribution in [0.1, 0.15) is 31.0 Å². The molecule has 0 radical (unpaired) electrons. The van der Waals surface area contributed by atoms with E-state index in [0.29, 0.717) is 29.9 Å². The Labute approximate surface area is 256 Å². The number of fused-ring (bicyclic) bond motifs is 2. The van der Waals surface area contributed by atoms with E-state index in [9.17, 15) is 14.7 Å².